The summed E-state index contributed by atoms with van der Waals surface area (Å²) in [7, 11) is 0. The summed E-state index contributed by atoms with van der Waals surface area (Å²) in [5, 5.41) is 16.6. The second-order valence-corrected chi connectivity index (χ2v) is 6.22. The van der Waals surface area contributed by atoms with Gasteiger partial charge in [-0.3, -0.25) is 14.9 Å². The van der Waals surface area contributed by atoms with Gasteiger partial charge in [-0.25, -0.2) is 0 Å². The topological polar surface area (TPSA) is 55.4 Å². The van der Waals surface area contributed by atoms with Gasteiger partial charge in [-0.1, -0.05) is 11.6 Å². The number of hydrogen-bond acceptors (Lipinski definition) is 4. The van der Waals surface area contributed by atoms with E-state index in [1.807, 2.05) is 6.92 Å². The molecule has 2 heterocycles. The van der Waals surface area contributed by atoms with Crippen LogP contribution in [0.15, 0.2) is 17.7 Å². The van der Waals surface area contributed by atoms with Gasteiger partial charge in [0.15, 0.2) is 0 Å². The molecule has 1 unspecified atom stereocenters. The van der Waals surface area contributed by atoms with Crippen LogP contribution in [0.4, 0.5) is 0 Å². The van der Waals surface area contributed by atoms with Crippen LogP contribution >= 0.6 is 0 Å². The first-order chi connectivity index (χ1) is 10.1. The van der Waals surface area contributed by atoms with E-state index in [0.29, 0.717) is 6.04 Å². The van der Waals surface area contributed by atoms with Crippen LogP contribution in [0.5, 0.6) is 0 Å². The van der Waals surface area contributed by atoms with Crippen molar-refractivity contribution in [2.24, 2.45) is 0 Å². The van der Waals surface area contributed by atoms with Crippen LogP contribution in [-0.4, -0.2) is 63.9 Å². The molecule has 1 fully saturated rings. The van der Waals surface area contributed by atoms with Crippen LogP contribution in [0, 0.1) is 6.92 Å². The van der Waals surface area contributed by atoms with Gasteiger partial charge in [-0.15, -0.1) is 0 Å². The maximum atomic E-state index is 9.32. The van der Waals surface area contributed by atoms with Gasteiger partial charge in [0.2, 0.25) is 0 Å². The lowest BCUT2D eigenvalue weighted by atomic mass is 10.1. The van der Waals surface area contributed by atoms with Crippen LogP contribution in [0.3, 0.4) is 0 Å². The summed E-state index contributed by atoms with van der Waals surface area (Å²) in [5.74, 6) is 0. The fourth-order valence-electron chi connectivity index (χ4n) is 2.85. The normalized spacial score (nSPS) is 20.7. The Labute approximate surface area is 127 Å². The summed E-state index contributed by atoms with van der Waals surface area (Å²) in [6, 6.07) is 2.54. The largest absolute Gasteiger partial charge is 0.396 e. The molecule has 1 aromatic heterocycles. The molecule has 118 valence electrons. The van der Waals surface area contributed by atoms with Crippen molar-refractivity contribution in [3.05, 3.63) is 29.1 Å². The number of H-pyrrole nitrogens is 1. The van der Waals surface area contributed by atoms with Crippen LogP contribution in [0.1, 0.15) is 31.7 Å². The monoisotopic (exact) mass is 292 g/mol. The Morgan fingerprint density at radius 3 is 2.90 bits per heavy atom. The van der Waals surface area contributed by atoms with Gasteiger partial charge in [-0.2, -0.15) is 5.10 Å². The molecule has 0 spiro atoms. The minimum atomic E-state index is 0.255. The Hall–Kier alpha value is -1.17. The Morgan fingerprint density at radius 2 is 2.29 bits per heavy atom. The van der Waals surface area contributed by atoms with Crippen molar-refractivity contribution in [2.45, 2.75) is 39.8 Å². The predicted octanol–water partition coefficient (Wildman–Crippen LogP) is 1.55. The van der Waals surface area contributed by atoms with Crippen molar-refractivity contribution in [2.75, 3.05) is 32.8 Å². The number of nitrogens with zero attached hydrogens (tertiary/aromatic N) is 3. The Morgan fingerprint density at radius 1 is 1.48 bits per heavy atom. The molecule has 2 N–H and O–H groups in total. The molecule has 1 atom stereocenters. The summed E-state index contributed by atoms with van der Waals surface area (Å²) < 4.78 is 0. The third-order valence-corrected chi connectivity index (χ3v) is 4.03. The molecular formula is C16H28N4O. The number of aromatic amines is 1. The minimum Gasteiger partial charge on any atom is -0.396 e. The highest BCUT2D eigenvalue weighted by Crippen LogP contribution is 2.15. The van der Waals surface area contributed by atoms with Crippen LogP contribution < -0.4 is 0 Å². The van der Waals surface area contributed by atoms with E-state index in [1.165, 1.54) is 5.57 Å². The zero-order chi connectivity index (χ0) is 15.2. The van der Waals surface area contributed by atoms with E-state index in [9.17, 15) is 5.11 Å². The lowest BCUT2D eigenvalue weighted by Gasteiger charge is -2.40. The molecule has 1 saturated heterocycles. The van der Waals surface area contributed by atoms with Crippen molar-refractivity contribution in [1.29, 1.82) is 0 Å². The molecule has 1 aromatic rings. The average molecular weight is 292 g/mol. The first-order valence-electron chi connectivity index (χ1n) is 7.80. The summed E-state index contributed by atoms with van der Waals surface area (Å²) >= 11 is 0. The highest BCUT2D eigenvalue weighted by atomic mass is 16.3. The van der Waals surface area contributed by atoms with E-state index < -0.39 is 0 Å². The summed E-state index contributed by atoms with van der Waals surface area (Å²) in [6.45, 7) is 11.6. The van der Waals surface area contributed by atoms with E-state index in [1.54, 1.807) is 0 Å². The van der Waals surface area contributed by atoms with Crippen molar-refractivity contribution in [1.82, 2.24) is 20.0 Å². The molecule has 1 aliphatic rings. The number of aromatic nitrogens is 2. The number of allylic oxidation sites excluding steroid dienone is 1. The highest BCUT2D eigenvalue weighted by molar-refractivity contribution is 5.07. The van der Waals surface area contributed by atoms with Crippen LogP contribution in [-0.2, 0) is 6.54 Å². The lowest BCUT2D eigenvalue weighted by Crippen LogP contribution is -2.53. The first kappa shape index (κ1) is 16.2. The quantitative estimate of drug-likeness (QED) is 0.781. The minimum absolute atomic E-state index is 0.255. The summed E-state index contributed by atoms with van der Waals surface area (Å²) in [6.07, 6.45) is 3.11. The van der Waals surface area contributed by atoms with Gasteiger partial charge in [0, 0.05) is 51.1 Å². The molecular weight excluding hydrogens is 264 g/mol. The van der Waals surface area contributed by atoms with Crippen molar-refractivity contribution >= 4 is 0 Å². The zero-order valence-electron chi connectivity index (χ0n) is 13.5. The number of hydrogen-bond donors (Lipinski definition) is 2. The van der Waals surface area contributed by atoms with Gasteiger partial charge < -0.3 is 5.11 Å². The van der Waals surface area contributed by atoms with Gasteiger partial charge in [0.25, 0.3) is 0 Å². The van der Waals surface area contributed by atoms with Crippen molar-refractivity contribution in [3.63, 3.8) is 0 Å². The lowest BCUT2D eigenvalue weighted by molar-refractivity contribution is 0.0630. The molecule has 5 heteroatoms. The van der Waals surface area contributed by atoms with Gasteiger partial charge in [-0.05, 0) is 33.3 Å². The van der Waals surface area contributed by atoms with E-state index in [0.717, 1.165) is 50.5 Å². The fraction of sp³-hybridized carbons (Fsp3) is 0.688. The molecule has 0 aromatic carbocycles. The molecule has 0 aliphatic carbocycles. The van der Waals surface area contributed by atoms with E-state index in [2.05, 4.69) is 46.0 Å². The van der Waals surface area contributed by atoms with E-state index >= 15 is 0 Å². The number of rotatable bonds is 6. The zero-order valence-corrected chi connectivity index (χ0v) is 13.5. The number of aliphatic hydroxyl groups is 1. The SMILES string of the molecule is CC(C)=CCN1CCN(Cc2cc(C)[nH]n2)CC1CCO. The van der Waals surface area contributed by atoms with Crippen molar-refractivity contribution < 1.29 is 5.11 Å². The number of piperazine rings is 1. The average Bonchev–Trinajstić information content (AvgIpc) is 2.83. The number of aliphatic hydroxyl groups excluding tert-OH is 1. The first-order valence-corrected chi connectivity index (χ1v) is 7.80. The maximum absolute atomic E-state index is 9.32. The fourth-order valence-corrected chi connectivity index (χ4v) is 2.85. The van der Waals surface area contributed by atoms with Crippen LogP contribution in [0.2, 0.25) is 0 Å². The molecule has 0 saturated carbocycles. The Bertz CT molecular complexity index is 465. The van der Waals surface area contributed by atoms with E-state index in [4.69, 9.17) is 0 Å². The molecule has 5 nitrogen and oxygen atoms in total. The smallest absolute Gasteiger partial charge is 0.0765 e. The second-order valence-electron chi connectivity index (χ2n) is 6.22. The molecule has 0 radical (unpaired) electrons. The summed E-state index contributed by atoms with van der Waals surface area (Å²) in [5.41, 5.74) is 3.57. The van der Waals surface area contributed by atoms with Gasteiger partial charge in [0.05, 0.1) is 5.69 Å². The molecule has 21 heavy (non-hydrogen) atoms. The third-order valence-electron chi connectivity index (χ3n) is 4.03. The predicted molar refractivity (Wildman–Crippen MR) is 85.1 cm³/mol. The second kappa shape index (κ2) is 7.73. The molecule has 0 bridgehead atoms. The Balaban J connectivity index is 1.92. The highest BCUT2D eigenvalue weighted by Gasteiger charge is 2.26. The van der Waals surface area contributed by atoms with Crippen LogP contribution in [0.25, 0.3) is 0 Å². The van der Waals surface area contributed by atoms with Gasteiger partial charge in [0.1, 0.15) is 0 Å². The van der Waals surface area contributed by atoms with E-state index in [-0.39, 0.29) is 6.61 Å². The summed E-state index contributed by atoms with van der Waals surface area (Å²) in [4.78, 5) is 4.92. The molecule has 2 rings (SSSR count). The Kier molecular flexibility index (Phi) is 5.96. The number of aryl methyl sites for hydroxylation is 1. The van der Waals surface area contributed by atoms with Crippen molar-refractivity contribution in [3.8, 4) is 0 Å². The number of nitrogens with one attached hydrogen (secondary N) is 1. The maximum Gasteiger partial charge on any atom is 0.0765 e. The molecule has 0 amide bonds. The van der Waals surface area contributed by atoms with Gasteiger partial charge >= 0.3 is 0 Å². The third kappa shape index (κ3) is 4.95. The molecule has 1 aliphatic heterocycles. The standard InChI is InChI=1S/C16H28N4O/c1-13(2)4-6-20-8-7-19(12-16(20)5-9-21)11-15-10-14(3)17-18-15/h4,10,16,21H,5-9,11-12H2,1-3H3,(H,17,18).